The highest BCUT2D eigenvalue weighted by Gasteiger charge is 2.38. The molecule has 0 radical (unpaired) electrons. The summed E-state index contributed by atoms with van der Waals surface area (Å²) in [6.07, 6.45) is 0. The molecule has 0 atom stereocenters. The predicted molar refractivity (Wildman–Crippen MR) is 176 cm³/mol. The van der Waals surface area contributed by atoms with Gasteiger partial charge in [-0.3, -0.25) is 0 Å². The Kier molecular flexibility index (Phi) is 5.54. The normalized spacial score (nSPS) is 13.0. The maximum Gasteiger partial charge on any atom is 0.159 e. The van der Waals surface area contributed by atoms with Gasteiger partial charge in [0, 0.05) is 27.4 Å². The molecule has 7 aromatic rings. The molecule has 1 aliphatic rings. The molecule has 0 fully saturated rings. The minimum atomic E-state index is -0.179. The fourth-order valence-electron chi connectivity index (χ4n) is 6.81. The van der Waals surface area contributed by atoms with Gasteiger partial charge in [0.05, 0.1) is 23.0 Å². The van der Waals surface area contributed by atoms with E-state index in [1.54, 1.807) is 0 Å². The average Bonchev–Trinajstić information content (AvgIpc) is 3.55. The highest BCUT2D eigenvalue weighted by atomic mass is 16.3. The predicted octanol–water partition coefficient (Wildman–Crippen LogP) is 10.9. The summed E-state index contributed by atoms with van der Waals surface area (Å²) >= 11 is 0. The van der Waals surface area contributed by atoms with E-state index in [-0.39, 0.29) is 5.41 Å². The standard InChI is InChI=1S/C40H28N2O/c1-40(2)33-22-21-28(27-12-8-11-26(23-27)25-41)24-32(33)38-34(40)17-10-18-35(38)42(29-13-4-3-5-14-29)36-19-9-16-31-30-15-6-7-20-37(30)43-39(31)36/h3-24H,1-2H3. The summed E-state index contributed by atoms with van der Waals surface area (Å²) in [6, 6.07) is 48.8. The van der Waals surface area contributed by atoms with Gasteiger partial charge < -0.3 is 9.32 Å². The largest absolute Gasteiger partial charge is 0.454 e. The van der Waals surface area contributed by atoms with Crippen LogP contribution < -0.4 is 4.90 Å². The minimum Gasteiger partial charge on any atom is -0.454 e. The molecule has 0 spiro atoms. The molecule has 6 aromatic carbocycles. The summed E-state index contributed by atoms with van der Waals surface area (Å²) in [5.41, 5.74) is 12.6. The van der Waals surface area contributed by atoms with Crippen LogP contribution >= 0.6 is 0 Å². The van der Waals surface area contributed by atoms with E-state index < -0.39 is 0 Å². The summed E-state index contributed by atoms with van der Waals surface area (Å²) in [4.78, 5) is 2.34. The van der Waals surface area contributed by atoms with Crippen LogP contribution in [0.5, 0.6) is 0 Å². The molecular weight excluding hydrogens is 524 g/mol. The van der Waals surface area contributed by atoms with Crippen LogP contribution in [-0.2, 0) is 5.41 Å². The van der Waals surface area contributed by atoms with E-state index in [0.29, 0.717) is 5.56 Å². The molecule has 0 unspecified atom stereocenters. The zero-order chi connectivity index (χ0) is 29.1. The third-order valence-electron chi connectivity index (χ3n) is 8.88. The van der Waals surface area contributed by atoms with Crippen LogP contribution in [0, 0.1) is 11.3 Å². The first-order chi connectivity index (χ1) is 21.0. The molecule has 1 heterocycles. The van der Waals surface area contributed by atoms with E-state index in [2.05, 4.69) is 128 Å². The molecule has 0 saturated carbocycles. The van der Waals surface area contributed by atoms with Gasteiger partial charge >= 0.3 is 0 Å². The molecule has 3 heteroatoms. The Morgan fingerprint density at radius 3 is 2.21 bits per heavy atom. The van der Waals surface area contributed by atoms with Crippen LogP contribution in [0.15, 0.2) is 138 Å². The molecule has 204 valence electrons. The highest BCUT2D eigenvalue weighted by molar-refractivity contribution is 6.11. The average molecular weight is 553 g/mol. The van der Waals surface area contributed by atoms with Crippen LogP contribution in [0.3, 0.4) is 0 Å². The number of hydrogen-bond acceptors (Lipinski definition) is 3. The highest BCUT2D eigenvalue weighted by Crippen LogP contribution is 2.55. The second-order valence-corrected chi connectivity index (χ2v) is 11.7. The lowest BCUT2D eigenvalue weighted by Gasteiger charge is -2.28. The van der Waals surface area contributed by atoms with Gasteiger partial charge in [0.1, 0.15) is 5.58 Å². The van der Waals surface area contributed by atoms with Gasteiger partial charge in [0.15, 0.2) is 5.58 Å². The Morgan fingerprint density at radius 1 is 0.628 bits per heavy atom. The Morgan fingerprint density at radius 2 is 1.35 bits per heavy atom. The van der Waals surface area contributed by atoms with Crippen LogP contribution in [0.1, 0.15) is 30.5 Å². The molecule has 1 aromatic heterocycles. The maximum atomic E-state index is 9.53. The summed E-state index contributed by atoms with van der Waals surface area (Å²) in [7, 11) is 0. The van der Waals surface area contributed by atoms with E-state index in [0.717, 1.165) is 50.1 Å². The van der Waals surface area contributed by atoms with Crippen molar-refractivity contribution >= 4 is 39.0 Å². The summed E-state index contributed by atoms with van der Waals surface area (Å²) in [6.45, 7) is 4.62. The Hall–Kier alpha value is -5.59. The molecule has 8 rings (SSSR count). The minimum absolute atomic E-state index is 0.179. The monoisotopic (exact) mass is 552 g/mol. The molecule has 3 nitrogen and oxygen atoms in total. The lowest BCUT2D eigenvalue weighted by atomic mass is 9.82. The van der Waals surface area contributed by atoms with Gasteiger partial charge in [-0.1, -0.05) is 98.8 Å². The van der Waals surface area contributed by atoms with Crippen LogP contribution in [0.25, 0.3) is 44.2 Å². The first kappa shape index (κ1) is 25.1. The number of rotatable bonds is 4. The van der Waals surface area contributed by atoms with E-state index >= 15 is 0 Å². The number of nitriles is 1. The summed E-state index contributed by atoms with van der Waals surface area (Å²) in [5, 5.41) is 11.7. The smallest absolute Gasteiger partial charge is 0.159 e. The fraction of sp³-hybridized carbons (Fsp3) is 0.0750. The van der Waals surface area contributed by atoms with Gasteiger partial charge in [0.25, 0.3) is 0 Å². The zero-order valence-electron chi connectivity index (χ0n) is 24.0. The Balaban J connectivity index is 1.41. The van der Waals surface area contributed by atoms with Crippen LogP contribution in [0.4, 0.5) is 17.1 Å². The van der Waals surface area contributed by atoms with E-state index in [1.165, 1.54) is 22.3 Å². The Bertz CT molecular complexity index is 2230. The third kappa shape index (κ3) is 3.81. The number of para-hydroxylation sites is 3. The van der Waals surface area contributed by atoms with E-state index in [4.69, 9.17) is 4.42 Å². The van der Waals surface area contributed by atoms with Crippen molar-refractivity contribution in [2.75, 3.05) is 4.90 Å². The number of furan rings is 1. The summed E-state index contributed by atoms with van der Waals surface area (Å²) in [5.74, 6) is 0. The first-order valence-corrected chi connectivity index (χ1v) is 14.6. The van der Waals surface area contributed by atoms with E-state index in [9.17, 15) is 5.26 Å². The number of anilines is 3. The van der Waals surface area contributed by atoms with Gasteiger partial charge in [-0.25, -0.2) is 0 Å². The lowest BCUT2D eigenvalue weighted by molar-refractivity contribution is 0.660. The topological polar surface area (TPSA) is 40.2 Å². The summed E-state index contributed by atoms with van der Waals surface area (Å²) < 4.78 is 6.57. The molecular formula is C40H28N2O. The van der Waals surface area contributed by atoms with Crippen molar-refractivity contribution in [2.45, 2.75) is 19.3 Å². The number of fused-ring (bicyclic) bond motifs is 6. The number of nitrogens with zero attached hydrogens (tertiary/aromatic N) is 2. The van der Waals surface area contributed by atoms with Crippen LogP contribution in [0.2, 0.25) is 0 Å². The van der Waals surface area contributed by atoms with Crippen molar-refractivity contribution < 1.29 is 4.42 Å². The first-order valence-electron chi connectivity index (χ1n) is 14.6. The van der Waals surface area contributed by atoms with Gasteiger partial charge in [0.2, 0.25) is 0 Å². The molecule has 0 bridgehead atoms. The van der Waals surface area contributed by atoms with Crippen molar-refractivity contribution in [2.24, 2.45) is 0 Å². The van der Waals surface area contributed by atoms with Crippen LogP contribution in [-0.4, -0.2) is 0 Å². The van der Waals surface area contributed by atoms with Crippen molar-refractivity contribution in [1.82, 2.24) is 0 Å². The van der Waals surface area contributed by atoms with Crippen molar-refractivity contribution in [3.8, 4) is 28.3 Å². The fourth-order valence-corrected chi connectivity index (χ4v) is 6.81. The van der Waals surface area contributed by atoms with Gasteiger partial charge in [-0.2, -0.15) is 5.26 Å². The van der Waals surface area contributed by atoms with E-state index in [1.807, 2.05) is 30.3 Å². The van der Waals surface area contributed by atoms with Crippen molar-refractivity contribution in [3.05, 3.63) is 150 Å². The molecule has 0 saturated heterocycles. The Labute approximate surface area is 250 Å². The quantitative estimate of drug-likeness (QED) is 0.218. The number of hydrogen-bond donors (Lipinski definition) is 0. The second-order valence-electron chi connectivity index (χ2n) is 11.7. The van der Waals surface area contributed by atoms with Gasteiger partial charge in [-0.15, -0.1) is 0 Å². The third-order valence-corrected chi connectivity index (χ3v) is 8.88. The maximum absolute atomic E-state index is 9.53. The van der Waals surface area contributed by atoms with Gasteiger partial charge in [-0.05, 0) is 76.3 Å². The zero-order valence-corrected chi connectivity index (χ0v) is 24.0. The SMILES string of the molecule is CC1(C)c2ccc(-c3cccc(C#N)c3)cc2-c2c(N(c3ccccc3)c3cccc4c3oc3ccccc34)cccc21. The van der Waals surface area contributed by atoms with Crippen molar-refractivity contribution in [3.63, 3.8) is 0 Å². The van der Waals surface area contributed by atoms with Crippen molar-refractivity contribution in [1.29, 1.82) is 5.26 Å². The molecule has 43 heavy (non-hydrogen) atoms. The molecule has 0 amide bonds. The second kappa shape index (κ2) is 9.48. The molecule has 0 aliphatic heterocycles. The molecule has 1 aliphatic carbocycles. The molecule has 0 N–H and O–H groups in total. The lowest BCUT2D eigenvalue weighted by Crippen LogP contribution is -2.16. The number of benzene rings is 6.